The topological polar surface area (TPSA) is 92.9 Å². The number of amides is 1. The molecule has 2 N–H and O–H groups in total. The Hall–Kier alpha value is -1.51. The van der Waals surface area contributed by atoms with Crippen molar-refractivity contribution in [1.29, 1.82) is 0 Å². The molecule has 1 amide bonds. The molecular weight excluding hydrogens is 390 g/mol. The Morgan fingerprint density at radius 3 is 2.59 bits per heavy atom. The Balaban J connectivity index is 0.00000364. The minimum Gasteiger partial charge on any atom is -0.496 e. The largest absolute Gasteiger partial charge is 0.496 e. The second-order valence-corrected chi connectivity index (χ2v) is 8.85. The molecule has 9 heteroatoms. The summed E-state index contributed by atoms with van der Waals surface area (Å²) in [4.78, 5) is 16.9. The average molecular weight is 420 g/mol. The Bertz CT molecular complexity index is 770. The second-order valence-electron chi connectivity index (χ2n) is 6.60. The lowest BCUT2D eigenvalue weighted by Gasteiger charge is -2.28. The number of likely N-dealkylation sites (N-methyl/N-ethyl adjacent to an activating group) is 2. The van der Waals surface area contributed by atoms with Crippen LogP contribution in [0.2, 0.25) is 0 Å². The van der Waals surface area contributed by atoms with Gasteiger partial charge in [0, 0.05) is 25.7 Å². The fourth-order valence-corrected chi connectivity index (χ4v) is 4.49. The number of carbonyl (C=O) groups is 1. The van der Waals surface area contributed by atoms with Gasteiger partial charge in [-0.25, -0.2) is 8.42 Å². The number of halogens is 1. The summed E-state index contributed by atoms with van der Waals surface area (Å²) in [5.74, 6) is -0.0638. The summed E-state index contributed by atoms with van der Waals surface area (Å²) in [6.07, 6.45) is 2.18. The van der Waals surface area contributed by atoms with Gasteiger partial charge in [-0.1, -0.05) is 13.8 Å². The number of carbonyl (C=O) groups excluding carboxylic acids is 1. The molecule has 1 aromatic rings. The van der Waals surface area contributed by atoms with Gasteiger partial charge >= 0.3 is 0 Å². The van der Waals surface area contributed by atoms with Gasteiger partial charge in [0.2, 0.25) is 0 Å². The third-order valence-electron chi connectivity index (χ3n) is 5.01. The molecule has 1 fully saturated rings. The van der Waals surface area contributed by atoms with Gasteiger partial charge in [-0.2, -0.15) is 0 Å². The number of methoxy groups -OCH3 is 1. The molecule has 0 bridgehead atoms. The van der Waals surface area contributed by atoms with E-state index >= 15 is 0 Å². The number of likely N-dealkylation sites (tertiary alicyclic amines) is 1. The molecule has 1 saturated heterocycles. The number of benzene rings is 1. The van der Waals surface area contributed by atoms with E-state index in [9.17, 15) is 13.2 Å². The van der Waals surface area contributed by atoms with Crippen molar-refractivity contribution >= 4 is 33.8 Å². The van der Waals surface area contributed by atoms with Crippen LogP contribution in [0.25, 0.3) is 0 Å². The quantitative estimate of drug-likeness (QED) is 0.680. The normalized spacial score (nSPS) is 17.4. The summed E-state index contributed by atoms with van der Waals surface area (Å²) in [6, 6.07) is 3.09. The summed E-state index contributed by atoms with van der Waals surface area (Å²) >= 11 is 0. The first kappa shape index (κ1) is 23.5. The van der Waals surface area contributed by atoms with E-state index in [0.29, 0.717) is 12.6 Å². The molecule has 0 aromatic heterocycles. The third-order valence-corrected chi connectivity index (χ3v) is 6.80. The van der Waals surface area contributed by atoms with Crippen molar-refractivity contribution in [3.8, 4) is 5.75 Å². The van der Waals surface area contributed by atoms with Crippen LogP contribution < -0.4 is 10.5 Å². The Morgan fingerprint density at radius 1 is 1.37 bits per heavy atom. The second kappa shape index (κ2) is 9.61. The summed E-state index contributed by atoms with van der Waals surface area (Å²) in [6.45, 7) is 6.26. The smallest absolute Gasteiger partial charge is 0.257 e. The van der Waals surface area contributed by atoms with Crippen LogP contribution in [0, 0.1) is 0 Å². The average Bonchev–Trinajstić information content (AvgIpc) is 3.07. The summed E-state index contributed by atoms with van der Waals surface area (Å²) in [5.41, 5.74) is 6.19. The molecule has 1 heterocycles. The molecule has 7 nitrogen and oxygen atoms in total. The van der Waals surface area contributed by atoms with Crippen molar-refractivity contribution < 1.29 is 17.9 Å². The van der Waals surface area contributed by atoms with Gasteiger partial charge in [-0.05, 0) is 32.0 Å². The fraction of sp³-hybridized carbons (Fsp3) is 0.611. The zero-order valence-electron chi connectivity index (χ0n) is 16.4. The predicted octanol–water partition coefficient (Wildman–Crippen LogP) is 2.05. The van der Waals surface area contributed by atoms with Gasteiger partial charge in [0.1, 0.15) is 5.75 Å². The zero-order valence-corrected chi connectivity index (χ0v) is 18.0. The number of rotatable bonds is 7. The molecule has 27 heavy (non-hydrogen) atoms. The van der Waals surface area contributed by atoms with Gasteiger partial charge < -0.3 is 15.4 Å². The first-order chi connectivity index (χ1) is 12.2. The van der Waals surface area contributed by atoms with Gasteiger partial charge in [-0.3, -0.25) is 9.69 Å². The van der Waals surface area contributed by atoms with E-state index in [-0.39, 0.29) is 46.0 Å². The van der Waals surface area contributed by atoms with Crippen molar-refractivity contribution in [2.75, 3.05) is 45.3 Å². The molecular formula is C18H30ClN3O4S. The lowest BCUT2D eigenvalue weighted by Crippen LogP contribution is -2.41. The number of nitrogen functional groups attached to an aromatic ring is 1. The fourth-order valence-electron chi connectivity index (χ4n) is 3.46. The number of anilines is 1. The molecule has 154 valence electrons. The molecule has 1 unspecified atom stereocenters. The molecule has 0 saturated carbocycles. The zero-order chi connectivity index (χ0) is 19.5. The van der Waals surface area contributed by atoms with Crippen LogP contribution in [0.3, 0.4) is 0 Å². The van der Waals surface area contributed by atoms with E-state index < -0.39 is 9.84 Å². The third kappa shape index (κ3) is 5.06. The lowest BCUT2D eigenvalue weighted by molar-refractivity contribution is 0.0751. The van der Waals surface area contributed by atoms with E-state index in [2.05, 4.69) is 11.8 Å². The maximum absolute atomic E-state index is 13.0. The van der Waals surface area contributed by atoms with E-state index in [1.807, 2.05) is 0 Å². The van der Waals surface area contributed by atoms with Gasteiger partial charge in [0.05, 0.1) is 29.0 Å². The number of hydrogen-bond acceptors (Lipinski definition) is 6. The van der Waals surface area contributed by atoms with Crippen LogP contribution in [0.4, 0.5) is 5.69 Å². The van der Waals surface area contributed by atoms with Crippen molar-refractivity contribution in [3.05, 3.63) is 17.7 Å². The van der Waals surface area contributed by atoms with Crippen molar-refractivity contribution in [2.24, 2.45) is 0 Å². The molecule has 2 rings (SSSR count). The van der Waals surface area contributed by atoms with E-state index in [1.54, 1.807) is 18.9 Å². The monoisotopic (exact) mass is 419 g/mol. The molecule has 1 aliphatic heterocycles. The van der Waals surface area contributed by atoms with Crippen molar-refractivity contribution in [3.63, 3.8) is 0 Å². The molecule has 1 atom stereocenters. The van der Waals surface area contributed by atoms with E-state index in [0.717, 1.165) is 25.9 Å². The minimum atomic E-state index is -3.53. The van der Waals surface area contributed by atoms with Crippen LogP contribution in [-0.2, 0) is 9.84 Å². The highest BCUT2D eigenvalue weighted by Crippen LogP contribution is 2.30. The predicted molar refractivity (Wildman–Crippen MR) is 110 cm³/mol. The molecule has 1 aromatic carbocycles. The standard InChI is InChI=1S/C18H29N3O4S.ClH/c1-5-21-9-7-8-13(21)12-20(3)18(22)14-10-17(26(23,24)6-2)15(19)11-16(14)25-4;/h10-11,13H,5-9,12,19H2,1-4H3;1H. The minimum absolute atomic E-state index is 0. The van der Waals surface area contributed by atoms with Crippen molar-refractivity contribution in [2.45, 2.75) is 37.6 Å². The van der Waals surface area contributed by atoms with Crippen LogP contribution in [0.5, 0.6) is 5.75 Å². The number of hydrogen-bond donors (Lipinski definition) is 1. The van der Waals surface area contributed by atoms with Crippen LogP contribution in [0.1, 0.15) is 37.0 Å². The first-order valence-electron chi connectivity index (χ1n) is 8.94. The molecule has 0 spiro atoms. The van der Waals surface area contributed by atoms with Crippen LogP contribution in [0.15, 0.2) is 17.0 Å². The Morgan fingerprint density at radius 2 is 2.04 bits per heavy atom. The molecule has 1 aliphatic rings. The van der Waals surface area contributed by atoms with Crippen LogP contribution in [-0.4, -0.2) is 69.7 Å². The van der Waals surface area contributed by atoms with E-state index in [4.69, 9.17) is 10.5 Å². The van der Waals surface area contributed by atoms with E-state index in [1.165, 1.54) is 19.2 Å². The van der Waals surface area contributed by atoms with Crippen LogP contribution >= 0.6 is 12.4 Å². The van der Waals surface area contributed by atoms with Crippen molar-refractivity contribution in [1.82, 2.24) is 9.80 Å². The number of sulfone groups is 1. The number of nitrogens with zero attached hydrogens (tertiary/aromatic N) is 2. The highest BCUT2D eigenvalue weighted by atomic mass is 35.5. The maximum Gasteiger partial charge on any atom is 0.257 e. The summed E-state index contributed by atoms with van der Waals surface area (Å²) in [5, 5.41) is 0. The van der Waals surface area contributed by atoms with Gasteiger partial charge in [0.15, 0.2) is 9.84 Å². The number of nitrogens with two attached hydrogens (primary N) is 1. The lowest BCUT2D eigenvalue weighted by atomic mass is 10.1. The molecule has 0 aliphatic carbocycles. The first-order valence-corrected chi connectivity index (χ1v) is 10.6. The SMILES string of the molecule is CCN1CCCC1CN(C)C(=O)c1cc(S(=O)(=O)CC)c(N)cc1OC.Cl. The van der Waals surface area contributed by atoms with Gasteiger partial charge in [-0.15, -0.1) is 12.4 Å². The highest BCUT2D eigenvalue weighted by Gasteiger charge is 2.28. The Labute approximate surface area is 168 Å². The number of ether oxygens (including phenoxy) is 1. The highest BCUT2D eigenvalue weighted by molar-refractivity contribution is 7.91. The Kier molecular flexibility index (Phi) is 8.38. The summed E-state index contributed by atoms with van der Waals surface area (Å²) < 4.78 is 29.8. The molecule has 0 radical (unpaired) electrons. The maximum atomic E-state index is 13.0. The van der Waals surface area contributed by atoms with Gasteiger partial charge in [0.25, 0.3) is 5.91 Å². The summed E-state index contributed by atoms with van der Waals surface area (Å²) in [7, 11) is -0.356.